The SMILES string of the molecule is CCC[O][Zr]([O]CCC)[O]Cc1ccccc1. The fraction of sp³-hybridized carbons (Fsp3) is 0.538. The molecule has 0 aromatic heterocycles. The van der Waals surface area contributed by atoms with Gasteiger partial charge in [-0.25, -0.2) is 0 Å². The van der Waals surface area contributed by atoms with Gasteiger partial charge >= 0.3 is 114 Å². The van der Waals surface area contributed by atoms with Crippen LogP contribution >= 0.6 is 0 Å². The molecule has 0 heterocycles. The molecule has 1 aromatic carbocycles. The van der Waals surface area contributed by atoms with Crippen molar-refractivity contribution in [3.8, 4) is 0 Å². The van der Waals surface area contributed by atoms with Gasteiger partial charge in [-0.15, -0.1) is 0 Å². The molecule has 0 aliphatic rings. The number of hydrogen-bond donors (Lipinski definition) is 0. The van der Waals surface area contributed by atoms with Gasteiger partial charge in [0, 0.05) is 0 Å². The van der Waals surface area contributed by atoms with E-state index in [9.17, 15) is 0 Å². The van der Waals surface area contributed by atoms with E-state index in [1.165, 1.54) is 5.56 Å². The molecular formula is C13H21O3Zr. The van der Waals surface area contributed by atoms with Crippen molar-refractivity contribution in [1.29, 1.82) is 0 Å². The average Bonchev–Trinajstić information content (AvgIpc) is 2.39. The van der Waals surface area contributed by atoms with Crippen LogP contribution in [0, 0.1) is 0 Å². The zero-order valence-electron chi connectivity index (χ0n) is 10.6. The first kappa shape index (κ1) is 15.0. The van der Waals surface area contributed by atoms with Gasteiger partial charge in [0.2, 0.25) is 0 Å². The van der Waals surface area contributed by atoms with E-state index < -0.39 is 23.1 Å². The van der Waals surface area contributed by atoms with E-state index in [2.05, 4.69) is 26.0 Å². The zero-order valence-corrected chi connectivity index (χ0v) is 13.1. The predicted octanol–water partition coefficient (Wildman–Crippen LogP) is 3.42. The van der Waals surface area contributed by atoms with Gasteiger partial charge in [0.1, 0.15) is 0 Å². The Balaban J connectivity index is 2.31. The normalized spacial score (nSPS) is 10.5. The third-order valence-corrected chi connectivity index (χ3v) is 5.14. The van der Waals surface area contributed by atoms with Gasteiger partial charge in [0.05, 0.1) is 0 Å². The molecule has 4 heteroatoms. The summed E-state index contributed by atoms with van der Waals surface area (Å²) in [6.45, 7) is 6.28. The van der Waals surface area contributed by atoms with Crippen LogP contribution in [0.25, 0.3) is 0 Å². The third-order valence-electron chi connectivity index (χ3n) is 2.05. The Morgan fingerprint density at radius 1 is 0.882 bits per heavy atom. The molecule has 0 radical (unpaired) electrons. The molecule has 0 atom stereocenters. The second-order valence-electron chi connectivity index (χ2n) is 3.72. The Kier molecular flexibility index (Phi) is 8.81. The van der Waals surface area contributed by atoms with Crippen molar-refractivity contribution in [2.75, 3.05) is 13.2 Å². The van der Waals surface area contributed by atoms with Crippen molar-refractivity contribution < 1.29 is 31.5 Å². The first-order chi connectivity index (χ1) is 8.36. The van der Waals surface area contributed by atoms with Gasteiger partial charge in [0.15, 0.2) is 0 Å². The van der Waals surface area contributed by atoms with E-state index in [1.807, 2.05) is 18.2 Å². The van der Waals surface area contributed by atoms with Crippen LogP contribution in [0.15, 0.2) is 30.3 Å². The van der Waals surface area contributed by atoms with Crippen molar-refractivity contribution >= 4 is 0 Å². The third kappa shape index (κ3) is 7.10. The van der Waals surface area contributed by atoms with Gasteiger partial charge in [-0.2, -0.15) is 0 Å². The predicted molar refractivity (Wildman–Crippen MR) is 63.7 cm³/mol. The minimum atomic E-state index is -2.52. The molecule has 1 rings (SSSR count). The van der Waals surface area contributed by atoms with Crippen LogP contribution in [0.3, 0.4) is 0 Å². The maximum atomic E-state index is 5.78. The quantitative estimate of drug-likeness (QED) is 0.698. The van der Waals surface area contributed by atoms with Crippen LogP contribution in [0.4, 0.5) is 0 Å². The monoisotopic (exact) mass is 315 g/mol. The maximum absolute atomic E-state index is 5.78. The number of benzene rings is 1. The van der Waals surface area contributed by atoms with Gasteiger partial charge in [0.25, 0.3) is 0 Å². The van der Waals surface area contributed by atoms with Crippen LogP contribution in [-0.4, -0.2) is 13.2 Å². The topological polar surface area (TPSA) is 27.7 Å². The molecule has 0 bridgehead atoms. The molecule has 95 valence electrons. The molecular weight excluding hydrogens is 295 g/mol. The second-order valence-corrected chi connectivity index (χ2v) is 7.08. The van der Waals surface area contributed by atoms with Crippen LogP contribution in [0.2, 0.25) is 0 Å². The van der Waals surface area contributed by atoms with E-state index in [0.717, 1.165) is 26.1 Å². The standard InChI is InChI=1S/C7H7O.2C3H7O.Zr/c8-6-7-4-2-1-3-5-7;2*1-2-3-4;/h1-5H,6H2;2*2-3H2,1H3;/q3*-1;+3. The molecule has 17 heavy (non-hydrogen) atoms. The molecule has 0 amide bonds. The molecule has 0 aliphatic carbocycles. The molecule has 0 unspecified atom stereocenters. The molecule has 0 N–H and O–H groups in total. The summed E-state index contributed by atoms with van der Waals surface area (Å²) in [5.74, 6) is 0. The van der Waals surface area contributed by atoms with Crippen LogP contribution < -0.4 is 0 Å². The zero-order chi connectivity index (χ0) is 12.3. The Hall–Kier alpha value is -0.0169. The van der Waals surface area contributed by atoms with E-state index >= 15 is 0 Å². The molecule has 0 aliphatic heterocycles. The number of rotatable bonds is 9. The van der Waals surface area contributed by atoms with Crippen LogP contribution in [0.5, 0.6) is 0 Å². The fourth-order valence-corrected chi connectivity index (χ4v) is 4.35. The summed E-state index contributed by atoms with van der Waals surface area (Å²) in [6.07, 6.45) is 2.02. The Morgan fingerprint density at radius 2 is 1.47 bits per heavy atom. The van der Waals surface area contributed by atoms with E-state index in [0.29, 0.717) is 6.61 Å². The van der Waals surface area contributed by atoms with Crippen molar-refractivity contribution in [1.82, 2.24) is 0 Å². The van der Waals surface area contributed by atoms with Crippen LogP contribution in [-0.2, 0) is 38.1 Å². The van der Waals surface area contributed by atoms with E-state index in [-0.39, 0.29) is 0 Å². The molecule has 3 nitrogen and oxygen atoms in total. The molecule has 0 fully saturated rings. The summed E-state index contributed by atoms with van der Waals surface area (Å²) in [4.78, 5) is 0. The van der Waals surface area contributed by atoms with Crippen molar-refractivity contribution in [3.05, 3.63) is 35.9 Å². The molecule has 0 saturated carbocycles. The van der Waals surface area contributed by atoms with Crippen LogP contribution in [0.1, 0.15) is 32.3 Å². The first-order valence-electron chi connectivity index (χ1n) is 6.16. The summed E-state index contributed by atoms with van der Waals surface area (Å²) in [5.41, 5.74) is 1.17. The summed E-state index contributed by atoms with van der Waals surface area (Å²) >= 11 is -2.52. The Bertz CT molecular complexity index is 271. The van der Waals surface area contributed by atoms with Gasteiger partial charge in [-0.05, 0) is 0 Å². The van der Waals surface area contributed by atoms with Gasteiger partial charge in [-0.3, -0.25) is 0 Å². The van der Waals surface area contributed by atoms with Crippen molar-refractivity contribution in [2.24, 2.45) is 0 Å². The summed E-state index contributed by atoms with van der Waals surface area (Å²) < 4.78 is 17.1. The van der Waals surface area contributed by atoms with E-state index in [1.54, 1.807) is 0 Å². The first-order valence-corrected chi connectivity index (χ1v) is 9.17. The summed E-state index contributed by atoms with van der Waals surface area (Å²) in [7, 11) is 0. The van der Waals surface area contributed by atoms with Crippen molar-refractivity contribution in [3.63, 3.8) is 0 Å². The van der Waals surface area contributed by atoms with E-state index in [4.69, 9.17) is 8.44 Å². The Labute approximate surface area is 114 Å². The molecule has 0 saturated heterocycles. The average molecular weight is 317 g/mol. The summed E-state index contributed by atoms with van der Waals surface area (Å²) in [6, 6.07) is 10.1. The molecule has 1 aromatic rings. The number of hydrogen-bond acceptors (Lipinski definition) is 3. The Morgan fingerprint density at radius 3 is 2.00 bits per heavy atom. The molecule has 0 spiro atoms. The second kappa shape index (κ2) is 9.96. The minimum absolute atomic E-state index is 0.600. The van der Waals surface area contributed by atoms with Gasteiger partial charge < -0.3 is 0 Å². The van der Waals surface area contributed by atoms with Gasteiger partial charge in [-0.1, -0.05) is 0 Å². The van der Waals surface area contributed by atoms with Crippen molar-refractivity contribution in [2.45, 2.75) is 33.3 Å². The fourth-order valence-electron chi connectivity index (χ4n) is 1.21. The summed E-state index contributed by atoms with van der Waals surface area (Å²) in [5, 5.41) is 0.